The van der Waals surface area contributed by atoms with E-state index in [2.05, 4.69) is 17.9 Å². The minimum atomic E-state index is -0.0306. The van der Waals surface area contributed by atoms with Gasteiger partial charge in [-0.2, -0.15) is 5.26 Å². The van der Waals surface area contributed by atoms with Crippen molar-refractivity contribution in [2.24, 2.45) is 0 Å². The number of piperidine rings is 1. The second kappa shape index (κ2) is 7.28. The number of aliphatic hydroxyl groups excluding tert-OH is 1. The number of nitrogens with zero attached hydrogens (tertiary/aromatic N) is 2. The second-order valence-electron chi connectivity index (χ2n) is 5.20. The Balaban J connectivity index is 2.12. The van der Waals surface area contributed by atoms with Crippen LogP contribution in [0.5, 0.6) is 0 Å². The zero-order valence-electron chi connectivity index (χ0n) is 12.0. The molecule has 1 atom stereocenters. The van der Waals surface area contributed by atoms with Crippen molar-refractivity contribution >= 4 is 5.69 Å². The zero-order chi connectivity index (χ0) is 14.4. The van der Waals surface area contributed by atoms with E-state index in [4.69, 9.17) is 9.84 Å². The lowest BCUT2D eigenvalue weighted by Crippen LogP contribution is -2.40. The van der Waals surface area contributed by atoms with E-state index in [1.165, 1.54) is 0 Å². The van der Waals surface area contributed by atoms with E-state index in [1.807, 2.05) is 12.1 Å². The van der Waals surface area contributed by atoms with Crippen molar-refractivity contribution in [3.05, 3.63) is 29.3 Å². The van der Waals surface area contributed by atoms with E-state index in [-0.39, 0.29) is 12.7 Å². The van der Waals surface area contributed by atoms with Crippen molar-refractivity contribution in [2.75, 3.05) is 24.6 Å². The van der Waals surface area contributed by atoms with Crippen molar-refractivity contribution in [3.8, 4) is 6.07 Å². The summed E-state index contributed by atoms with van der Waals surface area (Å²) in [6.45, 7) is 4.68. The van der Waals surface area contributed by atoms with E-state index < -0.39 is 0 Å². The predicted octanol–water partition coefficient (Wildman–Crippen LogP) is 2.45. The SMILES string of the molecule is CCCOC1CCCN(c2ccc(CO)cc2C#N)C1. The highest BCUT2D eigenvalue weighted by atomic mass is 16.5. The van der Waals surface area contributed by atoms with Gasteiger partial charge in [-0.1, -0.05) is 13.0 Å². The normalized spacial score (nSPS) is 18.9. The molecule has 0 amide bonds. The van der Waals surface area contributed by atoms with Gasteiger partial charge in [-0.3, -0.25) is 0 Å². The number of hydrogen-bond acceptors (Lipinski definition) is 4. The molecule has 0 aliphatic carbocycles. The molecule has 0 radical (unpaired) electrons. The molecule has 1 unspecified atom stereocenters. The smallest absolute Gasteiger partial charge is 0.101 e. The molecule has 1 heterocycles. The molecule has 1 aliphatic rings. The molecule has 1 aromatic carbocycles. The molecule has 2 rings (SSSR count). The van der Waals surface area contributed by atoms with Gasteiger partial charge in [-0.25, -0.2) is 0 Å². The Morgan fingerprint density at radius 3 is 3.05 bits per heavy atom. The molecule has 20 heavy (non-hydrogen) atoms. The van der Waals surface area contributed by atoms with Crippen LogP contribution in [0.1, 0.15) is 37.3 Å². The molecular weight excluding hydrogens is 252 g/mol. The number of benzene rings is 1. The van der Waals surface area contributed by atoms with Crippen molar-refractivity contribution < 1.29 is 9.84 Å². The summed E-state index contributed by atoms with van der Waals surface area (Å²) in [5.41, 5.74) is 2.36. The minimum Gasteiger partial charge on any atom is -0.392 e. The van der Waals surface area contributed by atoms with E-state index >= 15 is 0 Å². The summed E-state index contributed by atoms with van der Waals surface area (Å²) >= 11 is 0. The highest BCUT2D eigenvalue weighted by Gasteiger charge is 2.22. The lowest BCUT2D eigenvalue weighted by molar-refractivity contribution is 0.0440. The third kappa shape index (κ3) is 3.50. The third-order valence-corrected chi connectivity index (χ3v) is 3.64. The fourth-order valence-electron chi connectivity index (χ4n) is 2.62. The van der Waals surface area contributed by atoms with Crippen molar-refractivity contribution in [1.29, 1.82) is 5.26 Å². The first-order valence-electron chi connectivity index (χ1n) is 7.29. The van der Waals surface area contributed by atoms with Crippen LogP contribution in [0.3, 0.4) is 0 Å². The molecule has 108 valence electrons. The van der Waals surface area contributed by atoms with Crippen LogP contribution >= 0.6 is 0 Å². The summed E-state index contributed by atoms with van der Waals surface area (Å²) < 4.78 is 5.84. The molecular formula is C16H22N2O2. The van der Waals surface area contributed by atoms with Crippen molar-refractivity contribution in [2.45, 2.75) is 38.9 Å². The Hall–Kier alpha value is -1.57. The first-order chi connectivity index (χ1) is 9.78. The molecule has 1 fully saturated rings. The summed E-state index contributed by atoms with van der Waals surface area (Å²) in [6.07, 6.45) is 3.46. The number of hydrogen-bond donors (Lipinski definition) is 1. The summed E-state index contributed by atoms with van der Waals surface area (Å²) in [5.74, 6) is 0. The fourth-order valence-corrected chi connectivity index (χ4v) is 2.62. The van der Waals surface area contributed by atoms with Crippen LogP contribution in [0.15, 0.2) is 18.2 Å². The van der Waals surface area contributed by atoms with Crippen LogP contribution in [-0.4, -0.2) is 30.9 Å². The van der Waals surface area contributed by atoms with Gasteiger partial charge >= 0.3 is 0 Å². The summed E-state index contributed by atoms with van der Waals surface area (Å²) in [4.78, 5) is 2.23. The number of nitriles is 1. The molecule has 0 aromatic heterocycles. The van der Waals surface area contributed by atoms with Crippen LogP contribution in [0, 0.1) is 11.3 Å². The highest BCUT2D eigenvalue weighted by Crippen LogP contribution is 2.26. The maximum atomic E-state index is 9.29. The maximum absolute atomic E-state index is 9.29. The van der Waals surface area contributed by atoms with Crippen LogP contribution in [0.4, 0.5) is 5.69 Å². The molecule has 0 saturated carbocycles. The molecule has 1 saturated heterocycles. The Morgan fingerprint density at radius 1 is 1.50 bits per heavy atom. The van der Waals surface area contributed by atoms with Gasteiger partial charge in [-0.05, 0) is 37.0 Å². The van der Waals surface area contributed by atoms with E-state index in [0.29, 0.717) is 5.56 Å². The average Bonchev–Trinajstić information content (AvgIpc) is 2.52. The summed E-state index contributed by atoms with van der Waals surface area (Å²) in [5, 5.41) is 18.4. The van der Waals surface area contributed by atoms with Gasteiger partial charge in [0.1, 0.15) is 6.07 Å². The van der Waals surface area contributed by atoms with Gasteiger partial charge in [0, 0.05) is 19.7 Å². The van der Waals surface area contributed by atoms with Gasteiger partial charge in [0.15, 0.2) is 0 Å². The van der Waals surface area contributed by atoms with Gasteiger partial charge in [0.2, 0.25) is 0 Å². The molecule has 1 aliphatic heterocycles. The first-order valence-corrected chi connectivity index (χ1v) is 7.29. The third-order valence-electron chi connectivity index (χ3n) is 3.64. The van der Waals surface area contributed by atoms with Crippen molar-refractivity contribution in [1.82, 2.24) is 0 Å². The average molecular weight is 274 g/mol. The zero-order valence-corrected chi connectivity index (χ0v) is 12.0. The fraction of sp³-hybridized carbons (Fsp3) is 0.562. The Morgan fingerprint density at radius 2 is 2.35 bits per heavy atom. The Labute approximate surface area is 120 Å². The van der Waals surface area contributed by atoms with E-state index in [1.54, 1.807) is 6.07 Å². The first kappa shape index (κ1) is 14.8. The summed E-state index contributed by atoms with van der Waals surface area (Å²) in [6, 6.07) is 7.82. The number of aliphatic hydroxyl groups is 1. The largest absolute Gasteiger partial charge is 0.392 e. The Kier molecular flexibility index (Phi) is 5.40. The lowest BCUT2D eigenvalue weighted by Gasteiger charge is -2.34. The monoisotopic (exact) mass is 274 g/mol. The maximum Gasteiger partial charge on any atom is 0.101 e. The van der Waals surface area contributed by atoms with Crippen LogP contribution < -0.4 is 4.90 Å². The van der Waals surface area contributed by atoms with E-state index in [9.17, 15) is 5.26 Å². The van der Waals surface area contributed by atoms with Gasteiger partial charge in [0.05, 0.1) is 24.0 Å². The standard InChI is InChI=1S/C16H22N2O2/c1-2-8-20-15-4-3-7-18(11-15)16-6-5-13(12-19)9-14(16)10-17/h5-6,9,15,19H,2-4,7-8,11-12H2,1H3. The molecule has 0 bridgehead atoms. The molecule has 4 nitrogen and oxygen atoms in total. The Bertz CT molecular complexity index is 482. The number of ether oxygens (including phenoxy) is 1. The second-order valence-corrected chi connectivity index (χ2v) is 5.20. The van der Waals surface area contributed by atoms with Crippen LogP contribution in [0.25, 0.3) is 0 Å². The number of anilines is 1. The van der Waals surface area contributed by atoms with Gasteiger partial charge in [0.25, 0.3) is 0 Å². The molecule has 4 heteroatoms. The predicted molar refractivity (Wildman–Crippen MR) is 78.6 cm³/mol. The van der Waals surface area contributed by atoms with Crippen molar-refractivity contribution in [3.63, 3.8) is 0 Å². The number of rotatable bonds is 5. The van der Waals surface area contributed by atoms with Gasteiger partial charge < -0.3 is 14.7 Å². The van der Waals surface area contributed by atoms with Crippen LogP contribution in [-0.2, 0) is 11.3 Å². The summed E-state index contributed by atoms with van der Waals surface area (Å²) in [7, 11) is 0. The van der Waals surface area contributed by atoms with Gasteiger partial charge in [-0.15, -0.1) is 0 Å². The highest BCUT2D eigenvalue weighted by molar-refractivity contribution is 5.60. The molecule has 1 N–H and O–H groups in total. The quantitative estimate of drug-likeness (QED) is 0.896. The molecule has 1 aromatic rings. The lowest BCUT2D eigenvalue weighted by atomic mass is 10.0. The van der Waals surface area contributed by atoms with Crippen LogP contribution in [0.2, 0.25) is 0 Å². The minimum absolute atomic E-state index is 0.0306. The van der Waals surface area contributed by atoms with E-state index in [0.717, 1.165) is 50.2 Å². The molecule has 0 spiro atoms. The topological polar surface area (TPSA) is 56.5 Å².